The number of nitrogens with zero attached hydrogens (tertiary/aromatic N) is 2. The van der Waals surface area contributed by atoms with Gasteiger partial charge in [-0.3, -0.25) is 9.59 Å². The molecule has 1 atom stereocenters. The van der Waals surface area contributed by atoms with Crippen LogP contribution in [0.15, 0.2) is 48.8 Å². The molecule has 8 nitrogen and oxygen atoms in total. The summed E-state index contributed by atoms with van der Waals surface area (Å²) in [6.45, 7) is 3.90. The maximum absolute atomic E-state index is 12.8. The summed E-state index contributed by atoms with van der Waals surface area (Å²) in [6.07, 6.45) is 4.73. The fourth-order valence-corrected chi connectivity index (χ4v) is 4.06. The van der Waals surface area contributed by atoms with Gasteiger partial charge in [-0.05, 0) is 68.1 Å². The highest BCUT2D eigenvalue weighted by atomic mass is 16.5. The van der Waals surface area contributed by atoms with E-state index in [1.54, 1.807) is 25.3 Å². The maximum atomic E-state index is 12.8. The van der Waals surface area contributed by atoms with E-state index in [0.29, 0.717) is 40.8 Å². The van der Waals surface area contributed by atoms with Crippen molar-refractivity contribution >= 4 is 35.0 Å². The molecule has 8 heteroatoms. The van der Waals surface area contributed by atoms with Gasteiger partial charge in [0.05, 0.1) is 18.5 Å². The number of anilines is 2. The lowest BCUT2D eigenvalue weighted by Crippen LogP contribution is -2.39. The molecular weight excluding hydrogens is 430 g/mol. The number of carbonyl (C=O) groups excluding carboxylic acids is 2. The van der Waals surface area contributed by atoms with Crippen LogP contribution in [0, 0.1) is 6.92 Å². The Kier molecular flexibility index (Phi) is 6.58. The number of carbonyl (C=O) groups is 2. The minimum Gasteiger partial charge on any atom is -0.496 e. The molecule has 1 aromatic heterocycles. The van der Waals surface area contributed by atoms with E-state index >= 15 is 0 Å². The molecule has 0 bridgehead atoms. The van der Waals surface area contributed by atoms with Gasteiger partial charge in [0.25, 0.3) is 5.91 Å². The molecule has 4 N–H and O–H groups in total. The van der Waals surface area contributed by atoms with Crippen molar-refractivity contribution < 1.29 is 14.3 Å². The number of hydrogen-bond acceptors (Lipinski definition) is 6. The van der Waals surface area contributed by atoms with Crippen LogP contribution in [0.25, 0.3) is 11.6 Å². The number of nitrogens with two attached hydrogens (primary N) is 1. The van der Waals surface area contributed by atoms with E-state index in [-0.39, 0.29) is 11.9 Å². The number of aryl methyl sites for hydroxylation is 1. The van der Waals surface area contributed by atoms with Crippen molar-refractivity contribution in [3.63, 3.8) is 0 Å². The number of hydrogen-bond donors (Lipinski definition) is 3. The molecule has 4 rings (SSSR count). The highest BCUT2D eigenvalue weighted by Gasteiger charge is 2.16. The van der Waals surface area contributed by atoms with Crippen molar-refractivity contribution in [1.82, 2.24) is 9.97 Å². The Labute approximate surface area is 197 Å². The average Bonchev–Trinajstić information content (AvgIpc) is 2.83. The van der Waals surface area contributed by atoms with Crippen LogP contribution in [-0.2, 0) is 4.79 Å². The van der Waals surface area contributed by atoms with Gasteiger partial charge in [-0.1, -0.05) is 18.2 Å². The van der Waals surface area contributed by atoms with E-state index in [0.717, 1.165) is 22.1 Å². The summed E-state index contributed by atoms with van der Waals surface area (Å²) < 4.78 is 5.27. The number of primary amides is 1. The molecule has 1 heterocycles. The molecule has 2 amide bonds. The summed E-state index contributed by atoms with van der Waals surface area (Å²) in [6, 6.07) is 12.8. The number of amides is 2. The number of benzene rings is 2. The molecule has 2 aromatic carbocycles. The quantitative estimate of drug-likeness (QED) is 0.501. The van der Waals surface area contributed by atoms with Crippen LogP contribution in [0.1, 0.15) is 47.3 Å². The molecule has 0 spiro atoms. The maximum Gasteiger partial charge on any atom is 0.255 e. The summed E-state index contributed by atoms with van der Waals surface area (Å²) in [5, 5.41) is 7.73. The second kappa shape index (κ2) is 9.74. The topological polar surface area (TPSA) is 119 Å². The van der Waals surface area contributed by atoms with Crippen molar-refractivity contribution in [3.8, 4) is 5.75 Å². The van der Waals surface area contributed by atoms with E-state index in [1.807, 2.05) is 44.2 Å². The number of rotatable bonds is 7. The number of ether oxygens (including phenoxy) is 1. The first-order valence-electron chi connectivity index (χ1n) is 11.0. The van der Waals surface area contributed by atoms with Gasteiger partial charge >= 0.3 is 0 Å². The molecule has 1 aliphatic carbocycles. The molecule has 1 aliphatic rings. The van der Waals surface area contributed by atoms with E-state index in [9.17, 15) is 9.59 Å². The zero-order valence-corrected chi connectivity index (χ0v) is 19.4. The molecular formula is C26H27N5O3. The predicted octanol–water partition coefficient (Wildman–Crippen LogP) is 2.43. The molecule has 0 saturated heterocycles. The van der Waals surface area contributed by atoms with E-state index < -0.39 is 5.91 Å². The van der Waals surface area contributed by atoms with Gasteiger partial charge < -0.3 is 21.1 Å². The van der Waals surface area contributed by atoms with E-state index in [4.69, 9.17) is 10.5 Å². The number of aromatic nitrogens is 2. The Morgan fingerprint density at radius 1 is 1.15 bits per heavy atom. The average molecular weight is 458 g/mol. The minimum atomic E-state index is -0.456. The SMILES string of the molecule is COc1ccc(C(=O)Nc2cccc([C@@H](C)Nc3ncnc4c3=CCCC=4C(N)=O)c2)cc1C. The van der Waals surface area contributed by atoms with Crippen LogP contribution >= 0.6 is 0 Å². The van der Waals surface area contributed by atoms with Crippen molar-refractivity contribution in [2.45, 2.75) is 32.7 Å². The summed E-state index contributed by atoms with van der Waals surface area (Å²) in [5.74, 6) is 0.724. The number of fused-ring (bicyclic) bond motifs is 1. The lowest BCUT2D eigenvalue weighted by molar-refractivity contribution is -0.113. The number of methoxy groups -OCH3 is 1. The molecule has 0 aliphatic heterocycles. The Morgan fingerprint density at radius 3 is 2.71 bits per heavy atom. The Morgan fingerprint density at radius 2 is 1.97 bits per heavy atom. The lowest BCUT2D eigenvalue weighted by Gasteiger charge is -2.18. The second-order valence-electron chi connectivity index (χ2n) is 8.20. The molecule has 174 valence electrons. The molecule has 3 aromatic rings. The fraction of sp³-hybridized carbons (Fsp3) is 0.231. The van der Waals surface area contributed by atoms with Crippen molar-refractivity contribution in [3.05, 3.63) is 76.1 Å². The van der Waals surface area contributed by atoms with Gasteiger partial charge in [-0.15, -0.1) is 0 Å². The Hall–Kier alpha value is -4.20. The van der Waals surface area contributed by atoms with Gasteiger partial charge in [-0.2, -0.15) is 0 Å². The summed E-state index contributed by atoms with van der Waals surface area (Å²) in [4.78, 5) is 33.2. The predicted molar refractivity (Wildman–Crippen MR) is 132 cm³/mol. The van der Waals surface area contributed by atoms with Crippen LogP contribution in [0.5, 0.6) is 5.75 Å². The highest BCUT2D eigenvalue weighted by Crippen LogP contribution is 2.22. The monoisotopic (exact) mass is 457 g/mol. The fourth-order valence-electron chi connectivity index (χ4n) is 4.06. The van der Waals surface area contributed by atoms with E-state index in [1.165, 1.54) is 6.33 Å². The second-order valence-corrected chi connectivity index (χ2v) is 8.20. The zero-order valence-electron chi connectivity index (χ0n) is 19.4. The standard InChI is InChI=1S/C26H27N5O3/c1-15-12-18(10-11-22(15)34-3)26(33)31-19-7-4-6-17(13-19)16(2)30-25-21-9-5-8-20(24(27)32)23(21)28-14-29-25/h4,6-7,9-14,16H,5,8H2,1-3H3,(H2,27,32)(H,31,33)(H,28,29,30)/t16-/m1/s1. The van der Waals surface area contributed by atoms with Gasteiger partial charge in [-0.25, -0.2) is 9.97 Å². The van der Waals surface area contributed by atoms with Crippen LogP contribution < -0.4 is 31.7 Å². The van der Waals surface area contributed by atoms with Crippen molar-refractivity contribution in [2.75, 3.05) is 17.7 Å². The molecule has 0 fully saturated rings. The normalized spacial score (nSPS) is 13.3. The first-order chi connectivity index (χ1) is 16.4. The third-order valence-corrected chi connectivity index (χ3v) is 5.86. The van der Waals surface area contributed by atoms with E-state index in [2.05, 4.69) is 20.6 Å². The van der Waals surface area contributed by atoms with Gasteiger partial charge in [0.15, 0.2) is 0 Å². The minimum absolute atomic E-state index is 0.119. The zero-order chi connectivity index (χ0) is 24.2. The first-order valence-corrected chi connectivity index (χ1v) is 11.0. The van der Waals surface area contributed by atoms with Crippen LogP contribution in [0.2, 0.25) is 0 Å². The summed E-state index contributed by atoms with van der Waals surface area (Å²) >= 11 is 0. The van der Waals surface area contributed by atoms with Crippen LogP contribution in [0.4, 0.5) is 11.5 Å². The summed E-state index contributed by atoms with van der Waals surface area (Å²) in [5.41, 5.74) is 9.15. The molecule has 0 saturated carbocycles. The van der Waals surface area contributed by atoms with Gasteiger partial charge in [0.1, 0.15) is 17.9 Å². The third kappa shape index (κ3) is 4.76. The van der Waals surface area contributed by atoms with Crippen LogP contribution in [-0.4, -0.2) is 28.9 Å². The smallest absolute Gasteiger partial charge is 0.255 e. The highest BCUT2D eigenvalue weighted by molar-refractivity contribution is 6.12. The van der Waals surface area contributed by atoms with Crippen molar-refractivity contribution in [2.24, 2.45) is 5.73 Å². The Bertz CT molecular complexity index is 1380. The molecule has 0 unspecified atom stereocenters. The van der Waals surface area contributed by atoms with Crippen molar-refractivity contribution in [1.29, 1.82) is 0 Å². The largest absolute Gasteiger partial charge is 0.496 e. The molecule has 34 heavy (non-hydrogen) atoms. The lowest BCUT2D eigenvalue weighted by atomic mass is 10.0. The third-order valence-electron chi connectivity index (χ3n) is 5.86. The van der Waals surface area contributed by atoms with Gasteiger partial charge in [0, 0.05) is 22.0 Å². The van der Waals surface area contributed by atoms with Crippen LogP contribution in [0.3, 0.4) is 0 Å². The molecule has 0 radical (unpaired) electrons. The van der Waals surface area contributed by atoms with Gasteiger partial charge in [0.2, 0.25) is 5.91 Å². The number of nitrogens with one attached hydrogen (secondary N) is 2. The Balaban J connectivity index is 1.55. The first kappa shape index (κ1) is 23.0. The summed E-state index contributed by atoms with van der Waals surface area (Å²) in [7, 11) is 1.60.